The number of likely N-dealkylation sites (N-methyl/N-ethyl adjacent to an activating group) is 1. The number of carbonyl (C=O) groups is 1. The molecule has 72 valence electrons. The Morgan fingerprint density at radius 1 is 1.38 bits per heavy atom. The van der Waals surface area contributed by atoms with Crippen LogP contribution in [0.1, 0.15) is 26.7 Å². The summed E-state index contributed by atoms with van der Waals surface area (Å²) in [5.41, 5.74) is 1.01. The summed E-state index contributed by atoms with van der Waals surface area (Å²) in [4.78, 5) is 14.9. The zero-order valence-corrected chi connectivity index (χ0v) is 9.57. The van der Waals surface area contributed by atoms with Crippen molar-refractivity contribution in [2.75, 3.05) is 7.05 Å². The number of carbonyl (C=O) groups excluding carboxylic acids is 1. The van der Waals surface area contributed by atoms with E-state index in [1.165, 1.54) is 4.91 Å². The van der Waals surface area contributed by atoms with Crippen LogP contribution < -0.4 is 0 Å². The highest BCUT2D eigenvalue weighted by Gasteiger charge is 2.30. The lowest BCUT2D eigenvalue weighted by molar-refractivity contribution is -0.122. The minimum absolute atomic E-state index is 0.214. The first-order chi connectivity index (χ1) is 6.11. The zero-order valence-electron chi connectivity index (χ0n) is 8.76. The van der Waals surface area contributed by atoms with Gasteiger partial charge in [-0.1, -0.05) is 20.7 Å². The Labute approximate surface area is 84.8 Å². The van der Waals surface area contributed by atoms with Crippen LogP contribution >= 0.6 is 11.6 Å². The molecule has 13 heavy (non-hydrogen) atoms. The molecule has 0 spiro atoms. The molecule has 1 heterocycles. The number of nitrogens with zero attached hydrogens (tertiary/aromatic N) is 1. The fraction of sp³-hybridized carbons (Fsp3) is 0.667. The van der Waals surface area contributed by atoms with E-state index in [2.05, 4.69) is 13.7 Å². The first kappa shape index (κ1) is 10.7. The van der Waals surface area contributed by atoms with Crippen LogP contribution in [0, 0.1) is 0 Å². The van der Waals surface area contributed by atoms with E-state index in [9.17, 15) is 4.79 Å². The van der Waals surface area contributed by atoms with Crippen molar-refractivity contribution in [2.45, 2.75) is 33.5 Å². The summed E-state index contributed by atoms with van der Waals surface area (Å²) in [5, 5.41) is 0. The zero-order chi connectivity index (χ0) is 10.0. The molecule has 0 aromatic heterocycles. The van der Waals surface area contributed by atoms with Crippen LogP contribution in [0.3, 0.4) is 0 Å². The molecule has 0 aliphatic carbocycles. The third-order valence-corrected chi connectivity index (χ3v) is 3.92. The van der Waals surface area contributed by atoms with Gasteiger partial charge in [0, 0.05) is 5.57 Å². The summed E-state index contributed by atoms with van der Waals surface area (Å²) in [5.74, 6) is 0.214. The van der Waals surface area contributed by atoms with Crippen molar-refractivity contribution in [3.8, 4) is 0 Å². The number of rotatable bonds is 2. The fourth-order valence-corrected chi connectivity index (χ4v) is 2.70. The molecule has 0 saturated heterocycles. The third-order valence-electron chi connectivity index (χ3n) is 2.45. The van der Waals surface area contributed by atoms with Crippen LogP contribution in [0.15, 0.2) is 10.5 Å². The Morgan fingerprint density at radius 3 is 2.46 bits per heavy atom. The van der Waals surface area contributed by atoms with Crippen molar-refractivity contribution in [1.29, 1.82) is 0 Å². The second kappa shape index (κ2) is 4.22. The Hall–Kier alpha value is -0.375. The van der Waals surface area contributed by atoms with Crippen molar-refractivity contribution in [3.05, 3.63) is 10.5 Å². The van der Waals surface area contributed by atoms with Crippen LogP contribution in [0.4, 0.5) is 0 Å². The molecule has 0 fully saturated rings. The third kappa shape index (κ3) is 1.93. The molecule has 0 radical (unpaired) electrons. The largest absolute Gasteiger partial charge is 0.375 e. The molecular formula is C9H16BNOS. The van der Waals surface area contributed by atoms with Gasteiger partial charge in [0.05, 0.1) is 0 Å². The van der Waals surface area contributed by atoms with Crippen molar-refractivity contribution in [1.82, 2.24) is 4.81 Å². The van der Waals surface area contributed by atoms with E-state index in [4.69, 9.17) is 0 Å². The second-order valence-corrected chi connectivity index (χ2v) is 4.65. The number of allylic oxidation sites excluding steroid dienone is 1. The lowest BCUT2D eigenvalue weighted by Crippen LogP contribution is -2.40. The average molecular weight is 197 g/mol. The molecule has 0 saturated carbocycles. The van der Waals surface area contributed by atoms with E-state index in [1.54, 1.807) is 0 Å². The van der Waals surface area contributed by atoms with Gasteiger partial charge in [0.1, 0.15) is 0 Å². The topological polar surface area (TPSA) is 20.3 Å². The fourth-order valence-electron chi connectivity index (χ4n) is 1.50. The van der Waals surface area contributed by atoms with Gasteiger partial charge >= 0.3 is 6.13 Å². The number of hydrogen-bond acceptors (Lipinski definition) is 2. The van der Waals surface area contributed by atoms with Crippen LogP contribution in [-0.2, 0) is 4.79 Å². The van der Waals surface area contributed by atoms with Crippen molar-refractivity contribution >= 4 is 23.6 Å². The van der Waals surface area contributed by atoms with E-state index in [0.29, 0.717) is 0 Å². The molecular weight excluding hydrogens is 181 g/mol. The Morgan fingerprint density at radius 2 is 2.00 bits per heavy atom. The second-order valence-electron chi connectivity index (χ2n) is 3.24. The quantitative estimate of drug-likeness (QED) is 0.633. The lowest BCUT2D eigenvalue weighted by atomic mass is 9.91. The van der Waals surface area contributed by atoms with Crippen LogP contribution in [0.2, 0.25) is 6.82 Å². The standard InChI is InChI=1S/C9H16BNOS/c1-5-7-8(6-2)13-10(3)11(4)9(7)12/h5-6H2,1-4H3. The molecule has 0 atom stereocenters. The van der Waals surface area contributed by atoms with Crippen molar-refractivity contribution < 1.29 is 4.79 Å². The molecule has 1 amide bonds. The molecule has 4 heteroatoms. The molecule has 1 rings (SSSR count). The minimum Gasteiger partial charge on any atom is -0.375 e. The maximum atomic E-state index is 11.8. The Balaban J connectivity index is 3.00. The van der Waals surface area contributed by atoms with Gasteiger partial charge < -0.3 is 4.81 Å². The highest BCUT2D eigenvalue weighted by atomic mass is 32.2. The summed E-state index contributed by atoms with van der Waals surface area (Å²) in [7, 11) is 1.88. The maximum absolute atomic E-state index is 11.8. The number of hydrogen-bond donors (Lipinski definition) is 0. The van der Waals surface area contributed by atoms with Gasteiger partial charge in [0.25, 0.3) is 0 Å². The summed E-state index contributed by atoms with van der Waals surface area (Å²) >= 11 is 1.82. The molecule has 0 unspecified atom stereocenters. The van der Waals surface area contributed by atoms with Gasteiger partial charge in [-0.25, -0.2) is 0 Å². The molecule has 0 bridgehead atoms. The molecule has 1 aliphatic heterocycles. The van der Waals surface area contributed by atoms with Gasteiger partial charge in [-0.2, -0.15) is 11.6 Å². The molecule has 0 aromatic rings. The summed E-state index contributed by atoms with van der Waals surface area (Å²) < 4.78 is 0. The van der Waals surface area contributed by atoms with E-state index >= 15 is 0 Å². The average Bonchev–Trinajstić information content (AvgIpc) is 2.13. The van der Waals surface area contributed by atoms with Crippen molar-refractivity contribution in [2.24, 2.45) is 0 Å². The molecule has 2 nitrogen and oxygen atoms in total. The van der Waals surface area contributed by atoms with E-state index in [1.807, 2.05) is 30.4 Å². The minimum atomic E-state index is 0.214. The van der Waals surface area contributed by atoms with Gasteiger partial charge in [-0.05, 0) is 24.8 Å². The highest BCUT2D eigenvalue weighted by Crippen LogP contribution is 2.33. The van der Waals surface area contributed by atoms with Crippen LogP contribution in [-0.4, -0.2) is 23.9 Å². The predicted molar refractivity (Wildman–Crippen MR) is 59.6 cm³/mol. The van der Waals surface area contributed by atoms with Crippen LogP contribution in [0.5, 0.6) is 0 Å². The predicted octanol–water partition coefficient (Wildman–Crippen LogP) is 2.38. The van der Waals surface area contributed by atoms with Gasteiger partial charge in [0.2, 0.25) is 5.91 Å². The Kier molecular flexibility index (Phi) is 3.48. The molecule has 0 aromatic carbocycles. The lowest BCUT2D eigenvalue weighted by Gasteiger charge is -2.30. The van der Waals surface area contributed by atoms with Crippen molar-refractivity contribution in [3.63, 3.8) is 0 Å². The van der Waals surface area contributed by atoms with E-state index in [0.717, 1.165) is 18.4 Å². The summed E-state index contributed by atoms with van der Waals surface area (Å²) in [6.07, 6.45) is 2.13. The van der Waals surface area contributed by atoms with Gasteiger partial charge in [-0.3, -0.25) is 4.79 Å². The van der Waals surface area contributed by atoms with E-state index in [-0.39, 0.29) is 12.0 Å². The van der Waals surface area contributed by atoms with E-state index < -0.39 is 0 Å². The highest BCUT2D eigenvalue weighted by molar-refractivity contribution is 8.28. The van der Waals surface area contributed by atoms with Gasteiger partial charge in [0.15, 0.2) is 0 Å². The number of amides is 1. The first-order valence-corrected chi connectivity index (χ1v) is 5.65. The molecule has 0 N–H and O–H groups in total. The molecule has 1 aliphatic rings. The Bertz CT molecular complexity index is 252. The normalized spacial score (nSPS) is 18.6. The summed E-state index contributed by atoms with van der Waals surface area (Å²) in [6, 6.07) is 0. The smallest absolute Gasteiger partial charge is 0.326 e. The van der Waals surface area contributed by atoms with Gasteiger partial charge in [-0.15, -0.1) is 0 Å². The SMILES string of the molecule is CCC1=C(CC)C(=O)N(C)B(C)S1. The monoisotopic (exact) mass is 197 g/mol. The maximum Gasteiger partial charge on any atom is 0.326 e. The summed E-state index contributed by atoms with van der Waals surface area (Å²) in [6.45, 7) is 6.24. The first-order valence-electron chi connectivity index (χ1n) is 4.77. The van der Waals surface area contributed by atoms with Crippen LogP contribution in [0.25, 0.3) is 0 Å².